The third-order valence-electron chi connectivity index (χ3n) is 2.46. The van der Waals surface area contributed by atoms with Gasteiger partial charge in [-0.2, -0.15) is 5.10 Å². The molecular weight excluding hydrogens is 268 g/mol. The molecule has 0 spiro atoms. The molecule has 0 atom stereocenters. The Labute approximate surface area is 110 Å². The highest BCUT2D eigenvalue weighted by Crippen LogP contribution is 2.18. The molecule has 0 fully saturated rings. The van der Waals surface area contributed by atoms with E-state index in [2.05, 4.69) is 30.2 Å². The molecule has 0 aliphatic heterocycles. The minimum Gasteiger partial charge on any atom is -0.387 e. The van der Waals surface area contributed by atoms with E-state index in [1.54, 1.807) is 13.1 Å². The van der Waals surface area contributed by atoms with Crippen LogP contribution in [-0.2, 0) is 16.4 Å². The molecule has 0 saturated heterocycles. The molecule has 0 saturated carbocycles. The number of hydrogen-bond donors (Lipinski definition) is 3. The smallest absolute Gasteiger partial charge is 0.244 e. The first-order chi connectivity index (χ1) is 9.13. The van der Waals surface area contributed by atoms with Crippen LogP contribution in [0.4, 0.5) is 5.69 Å². The molecule has 0 amide bonds. The zero-order chi connectivity index (χ0) is 13.7. The molecule has 0 aromatic carbocycles. The van der Waals surface area contributed by atoms with Crippen molar-refractivity contribution < 1.29 is 8.42 Å². The van der Waals surface area contributed by atoms with Gasteiger partial charge in [-0.25, -0.2) is 18.1 Å². The van der Waals surface area contributed by atoms with E-state index in [-0.39, 0.29) is 11.4 Å². The third-order valence-corrected chi connectivity index (χ3v) is 3.95. The Hall–Kier alpha value is -2.00. The number of anilines is 1. The Morgan fingerprint density at radius 1 is 1.42 bits per heavy atom. The van der Waals surface area contributed by atoms with Gasteiger partial charge in [0.2, 0.25) is 10.0 Å². The minimum absolute atomic E-state index is 0.120. The molecule has 0 unspecified atom stereocenters. The number of hydrogen-bond acceptors (Lipinski definition) is 6. The highest BCUT2D eigenvalue weighted by atomic mass is 32.2. The molecule has 102 valence electrons. The van der Waals surface area contributed by atoms with E-state index in [1.807, 2.05) is 0 Å². The molecule has 9 heteroatoms. The fourth-order valence-electron chi connectivity index (χ4n) is 1.53. The van der Waals surface area contributed by atoms with Crippen LogP contribution in [0.1, 0.15) is 5.82 Å². The van der Waals surface area contributed by atoms with Gasteiger partial charge in [0.25, 0.3) is 0 Å². The molecule has 0 bridgehead atoms. The Morgan fingerprint density at radius 2 is 2.26 bits per heavy atom. The number of aromatic nitrogens is 4. The predicted molar refractivity (Wildman–Crippen MR) is 69.1 cm³/mol. The van der Waals surface area contributed by atoms with Crippen molar-refractivity contribution in [2.75, 3.05) is 18.9 Å². The molecule has 0 aliphatic carbocycles. The van der Waals surface area contributed by atoms with Gasteiger partial charge in [-0.3, -0.25) is 10.1 Å². The molecule has 2 heterocycles. The number of sulfonamides is 1. The average Bonchev–Trinajstić information content (AvgIpc) is 2.91. The van der Waals surface area contributed by atoms with Gasteiger partial charge in [0.1, 0.15) is 17.0 Å². The summed E-state index contributed by atoms with van der Waals surface area (Å²) >= 11 is 0. The van der Waals surface area contributed by atoms with Crippen LogP contribution in [0.2, 0.25) is 0 Å². The number of pyridine rings is 1. The molecular formula is C10H14N6O2S. The standard InChI is InChI=1S/C10H14N6O2S/c1-11-8-2-4-12-6-9(8)19(17,18)15-5-3-10-13-7-14-16-10/h2,4,6-7,15H,3,5H2,1H3,(H,11,12)(H,13,14,16). The first kappa shape index (κ1) is 13.4. The SMILES string of the molecule is CNc1ccncc1S(=O)(=O)NCCc1ncn[nH]1. The number of H-pyrrole nitrogens is 1. The summed E-state index contributed by atoms with van der Waals surface area (Å²) < 4.78 is 26.7. The van der Waals surface area contributed by atoms with E-state index in [9.17, 15) is 8.42 Å². The van der Waals surface area contributed by atoms with Crippen LogP contribution < -0.4 is 10.0 Å². The van der Waals surface area contributed by atoms with E-state index in [4.69, 9.17) is 0 Å². The van der Waals surface area contributed by atoms with Crippen molar-refractivity contribution in [3.8, 4) is 0 Å². The number of aromatic amines is 1. The molecule has 2 rings (SSSR count). The summed E-state index contributed by atoms with van der Waals surface area (Å²) in [6, 6.07) is 1.60. The molecule has 3 N–H and O–H groups in total. The Balaban J connectivity index is 2.05. The minimum atomic E-state index is -3.59. The van der Waals surface area contributed by atoms with Crippen LogP contribution in [0.15, 0.2) is 29.7 Å². The molecule has 2 aromatic rings. The van der Waals surface area contributed by atoms with E-state index < -0.39 is 10.0 Å². The van der Waals surface area contributed by atoms with Crippen LogP contribution in [0, 0.1) is 0 Å². The maximum absolute atomic E-state index is 12.1. The monoisotopic (exact) mass is 282 g/mol. The van der Waals surface area contributed by atoms with Crippen LogP contribution in [0.3, 0.4) is 0 Å². The Morgan fingerprint density at radius 3 is 2.95 bits per heavy atom. The second kappa shape index (κ2) is 5.76. The van der Waals surface area contributed by atoms with Crippen LogP contribution in [-0.4, -0.2) is 42.2 Å². The van der Waals surface area contributed by atoms with Crippen LogP contribution in [0.25, 0.3) is 0 Å². The number of nitrogens with one attached hydrogen (secondary N) is 3. The highest BCUT2D eigenvalue weighted by molar-refractivity contribution is 7.89. The first-order valence-electron chi connectivity index (χ1n) is 5.59. The van der Waals surface area contributed by atoms with Crippen molar-refractivity contribution in [1.29, 1.82) is 0 Å². The van der Waals surface area contributed by atoms with Gasteiger partial charge in [0.05, 0.1) is 5.69 Å². The highest BCUT2D eigenvalue weighted by Gasteiger charge is 2.17. The summed E-state index contributed by atoms with van der Waals surface area (Å²) in [6.45, 7) is 0.232. The van der Waals surface area contributed by atoms with Gasteiger partial charge < -0.3 is 5.32 Å². The molecule has 0 radical (unpaired) electrons. The summed E-state index contributed by atoms with van der Waals surface area (Å²) in [7, 11) is -1.94. The van der Waals surface area contributed by atoms with E-state index in [0.29, 0.717) is 17.9 Å². The van der Waals surface area contributed by atoms with Crippen molar-refractivity contribution >= 4 is 15.7 Å². The molecule has 8 nitrogen and oxygen atoms in total. The van der Waals surface area contributed by atoms with Gasteiger partial charge in [-0.05, 0) is 6.07 Å². The lowest BCUT2D eigenvalue weighted by Crippen LogP contribution is -2.27. The lowest BCUT2D eigenvalue weighted by atomic mass is 10.4. The Bertz CT molecular complexity index is 625. The van der Waals surface area contributed by atoms with Gasteiger partial charge in [-0.15, -0.1) is 0 Å². The van der Waals surface area contributed by atoms with Gasteiger partial charge in [-0.1, -0.05) is 0 Å². The largest absolute Gasteiger partial charge is 0.387 e. The average molecular weight is 282 g/mol. The Kier molecular flexibility index (Phi) is 4.07. The van der Waals surface area contributed by atoms with E-state index >= 15 is 0 Å². The third kappa shape index (κ3) is 3.26. The van der Waals surface area contributed by atoms with E-state index in [1.165, 1.54) is 18.7 Å². The summed E-state index contributed by atoms with van der Waals surface area (Å²) in [5, 5.41) is 9.17. The molecule has 2 aromatic heterocycles. The summed E-state index contributed by atoms with van der Waals surface area (Å²) in [6.07, 6.45) is 4.65. The van der Waals surface area contributed by atoms with Crippen molar-refractivity contribution in [2.45, 2.75) is 11.3 Å². The normalized spacial score (nSPS) is 11.4. The van der Waals surface area contributed by atoms with Crippen molar-refractivity contribution in [1.82, 2.24) is 24.9 Å². The molecule has 19 heavy (non-hydrogen) atoms. The van der Waals surface area contributed by atoms with Crippen molar-refractivity contribution in [3.63, 3.8) is 0 Å². The maximum Gasteiger partial charge on any atom is 0.244 e. The zero-order valence-electron chi connectivity index (χ0n) is 10.3. The number of nitrogens with zero attached hydrogens (tertiary/aromatic N) is 3. The van der Waals surface area contributed by atoms with Crippen LogP contribution in [0.5, 0.6) is 0 Å². The zero-order valence-corrected chi connectivity index (χ0v) is 11.1. The topological polar surface area (TPSA) is 113 Å². The first-order valence-corrected chi connectivity index (χ1v) is 7.07. The fraction of sp³-hybridized carbons (Fsp3) is 0.300. The predicted octanol–water partition coefficient (Wildman–Crippen LogP) is -0.238. The molecule has 0 aliphatic rings. The fourth-order valence-corrected chi connectivity index (χ4v) is 2.72. The quantitative estimate of drug-likeness (QED) is 0.674. The second-order valence-electron chi connectivity index (χ2n) is 3.70. The van der Waals surface area contributed by atoms with Gasteiger partial charge >= 0.3 is 0 Å². The summed E-state index contributed by atoms with van der Waals surface area (Å²) in [5.74, 6) is 0.628. The van der Waals surface area contributed by atoms with E-state index in [0.717, 1.165) is 0 Å². The lowest BCUT2D eigenvalue weighted by Gasteiger charge is -2.09. The van der Waals surface area contributed by atoms with Crippen molar-refractivity contribution in [2.24, 2.45) is 0 Å². The van der Waals surface area contributed by atoms with Gasteiger partial charge in [0, 0.05) is 32.4 Å². The summed E-state index contributed by atoms with van der Waals surface area (Å²) in [5.41, 5.74) is 0.502. The second-order valence-corrected chi connectivity index (χ2v) is 5.44. The lowest BCUT2D eigenvalue weighted by molar-refractivity contribution is 0.581. The maximum atomic E-state index is 12.1. The van der Waals surface area contributed by atoms with Crippen molar-refractivity contribution in [3.05, 3.63) is 30.6 Å². The van der Waals surface area contributed by atoms with Gasteiger partial charge in [0.15, 0.2) is 0 Å². The number of rotatable bonds is 6. The summed E-state index contributed by atoms with van der Waals surface area (Å²) in [4.78, 5) is 7.87. The van der Waals surface area contributed by atoms with Crippen LogP contribution >= 0.6 is 0 Å².